The fraction of sp³-hybridized carbons (Fsp3) is 0.429. The molecule has 1 saturated carbocycles. The Labute approximate surface area is 133 Å². The number of thiophene rings is 2. The molecule has 0 spiro atoms. The van der Waals surface area contributed by atoms with Crippen molar-refractivity contribution in [3.8, 4) is 0 Å². The zero-order valence-corrected chi connectivity index (χ0v) is 14.2. The van der Waals surface area contributed by atoms with Crippen molar-refractivity contribution in [2.24, 2.45) is 0 Å². The maximum atomic E-state index is 12.6. The Morgan fingerprint density at radius 3 is 2.76 bits per heavy atom. The van der Waals surface area contributed by atoms with E-state index in [-0.39, 0.29) is 0 Å². The second-order valence-corrected chi connectivity index (χ2v) is 8.73. The van der Waals surface area contributed by atoms with Crippen LogP contribution in [0.1, 0.15) is 28.8 Å². The molecule has 114 valence electrons. The first kappa shape index (κ1) is 15.2. The van der Waals surface area contributed by atoms with Crippen LogP contribution < -0.4 is 10.0 Å². The van der Waals surface area contributed by atoms with E-state index in [4.69, 9.17) is 0 Å². The molecule has 0 aromatic carbocycles. The van der Waals surface area contributed by atoms with Crippen LogP contribution in [0.5, 0.6) is 0 Å². The minimum Gasteiger partial charge on any atom is -0.309 e. The normalized spacial score (nSPS) is 15.5. The van der Waals surface area contributed by atoms with Crippen LogP contribution in [0.2, 0.25) is 0 Å². The highest BCUT2D eigenvalue weighted by atomic mass is 32.2. The van der Waals surface area contributed by atoms with Gasteiger partial charge in [0.2, 0.25) is 10.0 Å². The SMILES string of the molecule is Cc1csc(CNC2CC2)c1S(=O)(=O)NCc1ccsc1. The summed E-state index contributed by atoms with van der Waals surface area (Å²) in [6.45, 7) is 2.84. The number of aryl methyl sites for hydroxylation is 1. The van der Waals surface area contributed by atoms with Crippen molar-refractivity contribution in [2.45, 2.75) is 43.8 Å². The molecule has 0 amide bonds. The van der Waals surface area contributed by atoms with Gasteiger partial charge in [0.15, 0.2) is 0 Å². The van der Waals surface area contributed by atoms with Crippen LogP contribution >= 0.6 is 22.7 Å². The summed E-state index contributed by atoms with van der Waals surface area (Å²) in [5, 5.41) is 9.21. The van der Waals surface area contributed by atoms with Crippen LogP contribution in [0.3, 0.4) is 0 Å². The van der Waals surface area contributed by atoms with Crippen molar-refractivity contribution in [1.29, 1.82) is 0 Å². The molecule has 0 saturated heterocycles. The second-order valence-electron chi connectivity index (χ2n) is 5.28. The van der Waals surface area contributed by atoms with Crippen molar-refractivity contribution in [2.75, 3.05) is 0 Å². The molecule has 0 unspecified atom stereocenters. The van der Waals surface area contributed by atoms with Gasteiger partial charge in [-0.05, 0) is 53.1 Å². The average molecular weight is 343 g/mol. The third kappa shape index (κ3) is 3.73. The summed E-state index contributed by atoms with van der Waals surface area (Å²) in [4.78, 5) is 1.35. The van der Waals surface area contributed by atoms with Gasteiger partial charge < -0.3 is 5.32 Å². The molecule has 2 aromatic heterocycles. The number of nitrogens with one attached hydrogen (secondary N) is 2. The highest BCUT2D eigenvalue weighted by molar-refractivity contribution is 7.89. The van der Waals surface area contributed by atoms with Crippen LogP contribution in [-0.4, -0.2) is 14.5 Å². The molecule has 4 nitrogen and oxygen atoms in total. The van der Waals surface area contributed by atoms with Gasteiger partial charge >= 0.3 is 0 Å². The van der Waals surface area contributed by atoms with E-state index in [9.17, 15) is 8.42 Å². The minimum absolute atomic E-state index is 0.344. The van der Waals surface area contributed by atoms with Crippen LogP contribution in [0.4, 0.5) is 0 Å². The number of hydrogen-bond donors (Lipinski definition) is 2. The Balaban J connectivity index is 1.75. The molecule has 0 aliphatic heterocycles. The minimum atomic E-state index is -3.46. The van der Waals surface area contributed by atoms with Crippen molar-refractivity contribution in [3.05, 3.63) is 38.2 Å². The zero-order valence-electron chi connectivity index (χ0n) is 11.8. The Kier molecular flexibility index (Phi) is 4.46. The van der Waals surface area contributed by atoms with E-state index in [2.05, 4.69) is 10.0 Å². The predicted molar refractivity (Wildman–Crippen MR) is 87.3 cm³/mol. The van der Waals surface area contributed by atoms with Gasteiger partial charge in [-0.2, -0.15) is 11.3 Å². The molecule has 2 aromatic rings. The van der Waals surface area contributed by atoms with Crippen molar-refractivity contribution < 1.29 is 8.42 Å². The Morgan fingerprint density at radius 2 is 2.10 bits per heavy atom. The van der Waals surface area contributed by atoms with Crippen molar-refractivity contribution in [1.82, 2.24) is 10.0 Å². The maximum Gasteiger partial charge on any atom is 0.242 e. The summed E-state index contributed by atoms with van der Waals surface area (Å²) in [6.07, 6.45) is 2.39. The lowest BCUT2D eigenvalue weighted by Gasteiger charge is -2.09. The van der Waals surface area contributed by atoms with Gasteiger partial charge in [0.05, 0.1) is 0 Å². The molecule has 3 rings (SSSR count). The van der Waals surface area contributed by atoms with Crippen LogP contribution in [0, 0.1) is 6.92 Å². The summed E-state index contributed by atoms with van der Waals surface area (Å²) < 4.78 is 27.8. The van der Waals surface area contributed by atoms with Crippen LogP contribution in [0.25, 0.3) is 0 Å². The molecule has 1 aliphatic rings. The molecule has 0 radical (unpaired) electrons. The summed E-state index contributed by atoms with van der Waals surface area (Å²) in [6, 6.07) is 2.50. The Bertz CT molecular complexity index is 701. The van der Waals surface area contributed by atoms with Crippen LogP contribution in [0.15, 0.2) is 27.1 Å². The van der Waals surface area contributed by atoms with Crippen molar-refractivity contribution in [3.63, 3.8) is 0 Å². The summed E-state index contributed by atoms with van der Waals surface area (Å²) >= 11 is 3.09. The first-order valence-corrected chi connectivity index (χ1v) is 10.2. The number of sulfonamides is 1. The zero-order chi connectivity index (χ0) is 14.9. The maximum absolute atomic E-state index is 12.6. The van der Waals surface area contributed by atoms with E-state index in [0.717, 1.165) is 16.0 Å². The topological polar surface area (TPSA) is 58.2 Å². The number of rotatable bonds is 7. The fourth-order valence-corrected chi connectivity index (χ4v) is 5.58. The lowest BCUT2D eigenvalue weighted by atomic mass is 10.3. The molecular formula is C14H18N2O2S3. The molecule has 7 heteroatoms. The summed E-state index contributed by atoms with van der Waals surface area (Å²) in [7, 11) is -3.46. The van der Waals surface area contributed by atoms with Gasteiger partial charge in [0.25, 0.3) is 0 Å². The van der Waals surface area contributed by atoms with Gasteiger partial charge in [-0.3, -0.25) is 0 Å². The quantitative estimate of drug-likeness (QED) is 0.813. The third-order valence-electron chi connectivity index (χ3n) is 3.43. The van der Waals surface area contributed by atoms with Crippen LogP contribution in [-0.2, 0) is 23.1 Å². The second kappa shape index (κ2) is 6.18. The first-order valence-electron chi connectivity index (χ1n) is 6.87. The van der Waals surface area contributed by atoms with Gasteiger partial charge in [-0.15, -0.1) is 11.3 Å². The fourth-order valence-electron chi connectivity index (χ4n) is 2.14. The van der Waals surface area contributed by atoms with Gasteiger partial charge in [0.1, 0.15) is 4.90 Å². The molecule has 21 heavy (non-hydrogen) atoms. The highest BCUT2D eigenvalue weighted by Gasteiger charge is 2.25. The predicted octanol–water partition coefficient (Wildman–Crippen LogP) is 2.85. The molecular weight excluding hydrogens is 324 g/mol. The number of hydrogen-bond acceptors (Lipinski definition) is 5. The van der Waals surface area contributed by atoms with E-state index >= 15 is 0 Å². The molecule has 0 atom stereocenters. The smallest absolute Gasteiger partial charge is 0.242 e. The molecule has 1 fully saturated rings. The van der Waals surface area contributed by atoms with Crippen molar-refractivity contribution >= 4 is 32.7 Å². The lowest BCUT2D eigenvalue weighted by Crippen LogP contribution is -2.25. The highest BCUT2D eigenvalue weighted by Crippen LogP contribution is 2.28. The average Bonchev–Trinajstić information content (AvgIpc) is 2.97. The molecule has 0 bridgehead atoms. The first-order chi connectivity index (χ1) is 10.1. The molecule has 2 heterocycles. The van der Waals surface area contributed by atoms with E-state index in [0.29, 0.717) is 24.0 Å². The van der Waals surface area contributed by atoms with E-state index in [1.165, 1.54) is 24.2 Å². The Morgan fingerprint density at radius 1 is 1.29 bits per heavy atom. The van der Waals surface area contributed by atoms with Gasteiger partial charge in [0, 0.05) is 24.0 Å². The molecule has 1 aliphatic carbocycles. The van der Waals surface area contributed by atoms with Gasteiger partial charge in [-0.25, -0.2) is 13.1 Å². The van der Waals surface area contributed by atoms with E-state index < -0.39 is 10.0 Å². The molecule has 2 N–H and O–H groups in total. The van der Waals surface area contributed by atoms with E-state index in [1.807, 2.05) is 29.1 Å². The third-order valence-corrected chi connectivity index (χ3v) is 7.03. The lowest BCUT2D eigenvalue weighted by molar-refractivity contribution is 0.578. The van der Waals surface area contributed by atoms with E-state index in [1.54, 1.807) is 11.3 Å². The van der Waals surface area contributed by atoms with Gasteiger partial charge in [-0.1, -0.05) is 0 Å². The monoisotopic (exact) mass is 342 g/mol. The largest absolute Gasteiger partial charge is 0.309 e. The summed E-state index contributed by atoms with van der Waals surface area (Å²) in [5.74, 6) is 0. The summed E-state index contributed by atoms with van der Waals surface area (Å²) in [5.41, 5.74) is 1.82. The standard InChI is InChI=1S/C14H18N2O2S3/c1-10-8-20-13(7-15-12-2-3-12)14(10)21(17,18)16-6-11-4-5-19-9-11/h4-5,8-9,12,15-16H,2-3,6-7H2,1H3. The Hall–Kier alpha value is -0.730.